The fourth-order valence-corrected chi connectivity index (χ4v) is 2.17. The quantitative estimate of drug-likeness (QED) is 0.788. The van der Waals surface area contributed by atoms with E-state index in [-0.39, 0.29) is 12.5 Å². The van der Waals surface area contributed by atoms with Crippen molar-refractivity contribution in [3.63, 3.8) is 0 Å². The summed E-state index contributed by atoms with van der Waals surface area (Å²) in [7, 11) is 1.46. The summed E-state index contributed by atoms with van der Waals surface area (Å²) in [4.78, 5) is 24.7. The third kappa shape index (κ3) is 2.35. The summed E-state index contributed by atoms with van der Waals surface area (Å²) >= 11 is 0. The van der Waals surface area contributed by atoms with Gasteiger partial charge in [0, 0.05) is 26.4 Å². The molecule has 2 atom stereocenters. The highest BCUT2D eigenvalue weighted by molar-refractivity contribution is 5.92. The lowest BCUT2D eigenvalue weighted by molar-refractivity contribution is -0.149. The number of hydrogen-bond donors (Lipinski definition) is 2. The molecule has 0 saturated carbocycles. The molecular formula is C11H15N3O4. The van der Waals surface area contributed by atoms with Gasteiger partial charge in [0.1, 0.15) is 5.69 Å². The Morgan fingerprint density at radius 1 is 1.61 bits per heavy atom. The van der Waals surface area contributed by atoms with Crippen molar-refractivity contribution in [2.24, 2.45) is 5.92 Å². The van der Waals surface area contributed by atoms with Gasteiger partial charge in [-0.25, -0.2) is 0 Å². The minimum absolute atomic E-state index is 0.182. The van der Waals surface area contributed by atoms with Gasteiger partial charge in [0.2, 0.25) is 0 Å². The molecule has 0 spiro atoms. The van der Waals surface area contributed by atoms with E-state index in [1.54, 1.807) is 11.0 Å². The third-order valence-electron chi connectivity index (χ3n) is 3.20. The highest BCUT2D eigenvalue weighted by Crippen LogP contribution is 2.21. The molecule has 0 bridgehead atoms. The van der Waals surface area contributed by atoms with Crippen molar-refractivity contribution < 1.29 is 19.4 Å². The van der Waals surface area contributed by atoms with Crippen LogP contribution in [0.5, 0.6) is 0 Å². The molecule has 2 heterocycles. The van der Waals surface area contributed by atoms with Crippen molar-refractivity contribution in [3.8, 4) is 0 Å². The van der Waals surface area contributed by atoms with Crippen molar-refractivity contribution in [1.29, 1.82) is 0 Å². The van der Waals surface area contributed by atoms with Crippen LogP contribution in [0.3, 0.4) is 0 Å². The second-order valence-corrected chi connectivity index (χ2v) is 4.23. The SMILES string of the molecule is COC1CN(C(=O)c2ccn[nH]2)CCC1C(=O)O. The predicted octanol–water partition coefficient (Wildman–Crippen LogP) is -0.0286. The van der Waals surface area contributed by atoms with Crippen LogP contribution in [0.25, 0.3) is 0 Å². The molecule has 2 rings (SSSR count). The number of piperidine rings is 1. The smallest absolute Gasteiger partial charge is 0.309 e. The first kappa shape index (κ1) is 12.6. The van der Waals surface area contributed by atoms with E-state index in [1.807, 2.05) is 0 Å². The number of likely N-dealkylation sites (tertiary alicyclic amines) is 1. The first-order valence-corrected chi connectivity index (χ1v) is 5.67. The first-order valence-electron chi connectivity index (χ1n) is 5.67. The maximum absolute atomic E-state index is 12.1. The van der Waals surface area contributed by atoms with Crippen LogP contribution in [-0.4, -0.2) is 58.4 Å². The summed E-state index contributed by atoms with van der Waals surface area (Å²) in [6.45, 7) is 0.694. The lowest BCUT2D eigenvalue weighted by atomic mass is 9.93. The Labute approximate surface area is 104 Å². The summed E-state index contributed by atoms with van der Waals surface area (Å²) in [5, 5.41) is 15.4. The number of carboxylic acid groups (broad SMARTS) is 1. The van der Waals surface area contributed by atoms with Gasteiger partial charge in [-0.05, 0) is 12.5 Å². The number of carbonyl (C=O) groups is 2. The molecule has 7 nitrogen and oxygen atoms in total. The number of hydrogen-bond acceptors (Lipinski definition) is 4. The van der Waals surface area contributed by atoms with E-state index in [0.717, 1.165) is 0 Å². The number of carbonyl (C=O) groups excluding carboxylic acids is 1. The fraction of sp³-hybridized carbons (Fsp3) is 0.545. The van der Waals surface area contributed by atoms with Crippen LogP contribution >= 0.6 is 0 Å². The number of aliphatic carboxylic acids is 1. The van der Waals surface area contributed by atoms with Crippen LogP contribution in [0.4, 0.5) is 0 Å². The van der Waals surface area contributed by atoms with Gasteiger partial charge in [0.05, 0.1) is 12.0 Å². The van der Waals surface area contributed by atoms with E-state index >= 15 is 0 Å². The van der Waals surface area contributed by atoms with Crippen molar-refractivity contribution >= 4 is 11.9 Å². The number of carboxylic acids is 1. The van der Waals surface area contributed by atoms with Crippen LogP contribution in [0.2, 0.25) is 0 Å². The molecule has 2 N–H and O–H groups in total. The number of amides is 1. The summed E-state index contributed by atoms with van der Waals surface area (Å²) < 4.78 is 5.16. The standard InChI is InChI=1S/C11H15N3O4/c1-18-9-6-14(5-3-7(9)11(16)17)10(15)8-2-4-12-13-8/h2,4,7,9H,3,5-6H2,1H3,(H,12,13)(H,16,17). The van der Waals surface area contributed by atoms with E-state index in [4.69, 9.17) is 9.84 Å². The lowest BCUT2D eigenvalue weighted by Gasteiger charge is -2.35. The number of nitrogens with one attached hydrogen (secondary N) is 1. The van der Waals surface area contributed by atoms with Crippen molar-refractivity contribution in [3.05, 3.63) is 18.0 Å². The number of H-pyrrole nitrogens is 1. The number of aromatic nitrogens is 2. The zero-order valence-electron chi connectivity index (χ0n) is 10.00. The van der Waals surface area contributed by atoms with E-state index in [0.29, 0.717) is 18.7 Å². The molecule has 98 valence electrons. The molecule has 18 heavy (non-hydrogen) atoms. The highest BCUT2D eigenvalue weighted by Gasteiger charge is 2.36. The second-order valence-electron chi connectivity index (χ2n) is 4.23. The van der Waals surface area contributed by atoms with Crippen LogP contribution in [0.1, 0.15) is 16.9 Å². The van der Waals surface area contributed by atoms with E-state index < -0.39 is 18.0 Å². The van der Waals surface area contributed by atoms with Gasteiger partial charge in [-0.1, -0.05) is 0 Å². The summed E-state index contributed by atoms with van der Waals surface area (Å²) in [6.07, 6.45) is 1.43. The second kappa shape index (κ2) is 5.18. The van der Waals surface area contributed by atoms with Gasteiger partial charge in [-0.15, -0.1) is 0 Å². The molecule has 1 aliphatic heterocycles. The molecule has 1 fully saturated rings. The lowest BCUT2D eigenvalue weighted by Crippen LogP contribution is -2.49. The van der Waals surface area contributed by atoms with Crippen molar-refractivity contribution in [2.45, 2.75) is 12.5 Å². The fourth-order valence-electron chi connectivity index (χ4n) is 2.17. The third-order valence-corrected chi connectivity index (χ3v) is 3.20. The van der Waals surface area contributed by atoms with E-state index in [1.165, 1.54) is 13.3 Å². The number of aromatic amines is 1. The van der Waals surface area contributed by atoms with Crippen molar-refractivity contribution in [1.82, 2.24) is 15.1 Å². The molecule has 1 aromatic heterocycles. The Morgan fingerprint density at radius 2 is 2.39 bits per heavy atom. The number of nitrogens with zero attached hydrogens (tertiary/aromatic N) is 2. The maximum Gasteiger partial charge on any atom is 0.309 e. The van der Waals surface area contributed by atoms with Gasteiger partial charge in [-0.2, -0.15) is 5.10 Å². The van der Waals surface area contributed by atoms with Gasteiger partial charge in [-0.3, -0.25) is 14.7 Å². The molecule has 1 saturated heterocycles. The molecule has 1 aliphatic rings. The van der Waals surface area contributed by atoms with Gasteiger partial charge in [0.15, 0.2) is 0 Å². The molecule has 0 aliphatic carbocycles. The van der Waals surface area contributed by atoms with Crippen LogP contribution in [-0.2, 0) is 9.53 Å². The van der Waals surface area contributed by atoms with E-state index in [9.17, 15) is 9.59 Å². The average molecular weight is 253 g/mol. The maximum atomic E-state index is 12.1. The summed E-state index contributed by atoms with van der Waals surface area (Å²) in [6, 6.07) is 1.59. The normalized spacial score (nSPS) is 23.9. The molecule has 2 unspecified atom stereocenters. The Morgan fingerprint density at radius 3 is 2.94 bits per heavy atom. The van der Waals surface area contributed by atoms with Crippen molar-refractivity contribution in [2.75, 3.05) is 20.2 Å². The zero-order chi connectivity index (χ0) is 13.1. The first-order chi connectivity index (χ1) is 8.63. The Bertz CT molecular complexity index is 432. The van der Waals surface area contributed by atoms with Crippen LogP contribution in [0.15, 0.2) is 12.3 Å². The largest absolute Gasteiger partial charge is 0.481 e. The average Bonchev–Trinajstić information content (AvgIpc) is 2.90. The Balaban J connectivity index is 2.06. The predicted molar refractivity (Wildman–Crippen MR) is 61.0 cm³/mol. The topological polar surface area (TPSA) is 95.5 Å². The van der Waals surface area contributed by atoms with Gasteiger partial charge in [0.25, 0.3) is 5.91 Å². The number of methoxy groups -OCH3 is 1. The Kier molecular flexibility index (Phi) is 3.61. The van der Waals surface area contributed by atoms with Gasteiger partial charge >= 0.3 is 5.97 Å². The molecule has 1 amide bonds. The number of ether oxygens (including phenoxy) is 1. The molecule has 1 aromatic rings. The monoisotopic (exact) mass is 253 g/mol. The molecule has 0 radical (unpaired) electrons. The summed E-state index contributed by atoms with van der Waals surface area (Å²) in [5.74, 6) is -1.62. The minimum Gasteiger partial charge on any atom is -0.481 e. The van der Waals surface area contributed by atoms with Crippen LogP contribution < -0.4 is 0 Å². The van der Waals surface area contributed by atoms with Gasteiger partial charge < -0.3 is 14.7 Å². The molecular weight excluding hydrogens is 238 g/mol. The minimum atomic E-state index is -0.879. The van der Waals surface area contributed by atoms with E-state index in [2.05, 4.69) is 10.2 Å². The summed E-state index contributed by atoms with van der Waals surface area (Å²) in [5.41, 5.74) is 0.402. The molecule has 7 heteroatoms. The number of rotatable bonds is 3. The Hall–Kier alpha value is -1.89. The zero-order valence-corrected chi connectivity index (χ0v) is 10.00. The van der Waals surface area contributed by atoms with Crippen LogP contribution in [0, 0.1) is 5.92 Å². The molecule has 0 aromatic carbocycles. The highest BCUT2D eigenvalue weighted by atomic mass is 16.5.